The molecule has 1 aliphatic carbocycles. The van der Waals surface area contributed by atoms with Crippen LogP contribution in [0.5, 0.6) is 0 Å². The smallest absolute Gasteiger partial charge is 0.106 e. The summed E-state index contributed by atoms with van der Waals surface area (Å²) in [6.45, 7) is 0. The number of hydrogen-bond donors (Lipinski definition) is 3. The molecule has 3 nitrogen and oxygen atoms in total. The van der Waals surface area contributed by atoms with Crippen LogP contribution in [0.3, 0.4) is 0 Å². The maximum Gasteiger partial charge on any atom is 0.106 e. The second-order valence-corrected chi connectivity index (χ2v) is 3.53. The minimum atomic E-state index is -2.72. The Morgan fingerprint density at radius 3 is 2.38 bits per heavy atom. The SMILES string of the molecule is N=CS(O)(O)C1=CC1. The number of nitrogens with one attached hydrogen (secondary N) is 1. The summed E-state index contributed by atoms with van der Waals surface area (Å²) in [7, 11) is -2.72. The highest BCUT2D eigenvalue weighted by molar-refractivity contribution is 8.38. The molecule has 0 aromatic heterocycles. The zero-order valence-electron chi connectivity index (χ0n) is 4.16. The van der Waals surface area contributed by atoms with E-state index in [0.29, 0.717) is 16.9 Å². The van der Waals surface area contributed by atoms with Crippen LogP contribution in [0.4, 0.5) is 0 Å². The van der Waals surface area contributed by atoms with Crippen molar-refractivity contribution in [3.63, 3.8) is 0 Å². The molecular formula is C4H7NO2S. The van der Waals surface area contributed by atoms with E-state index < -0.39 is 10.6 Å². The van der Waals surface area contributed by atoms with E-state index in [4.69, 9.17) is 14.5 Å². The molecule has 0 unspecified atom stereocenters. The largest absolute Gasteiger partial charge is 0.292 e. The molecule has 0 aliphatic heterocycles. The summed E-state index contributed by atoms with van der Waals surface area (Å²) in [5.74, 6) is 0. The van der Waals surface area contributed by atoms with Crippen molar-refractivity contribution in [1.29, 1.82) is 5.41 Å². The first-order chi connectivity index (χ1) is 3.67. The number of hydrogen-bond acceptors (Lipinski definition) is 3. The van der Waals surface area contributed by atoms with E-state index in [1.165, 1.54) is 0 Å². The van der Waals surface area contributed by atoms with E-state index >= 15 is 0 Å². The van der Waals surface area contributed by atoms with Crippen LogP contribution in [0.15, 0.2) is 11.0 Å². The molecule has 1 aliphatic rings. The third-order valence-corrected chi connectivity index (χ3v) is 2.35. The molecule has 0 saturated carbocycles. The highest BCUT2D eigenvalue weighted by Gasteiger charge is 2.22. The Bertz CT molecular complexity index is 152. The first-order valence-electron chi connectivity index (χ1n) is 2.14. The van der Waals surface area contributed by atoms with E-state index in [1.807, 2.05) is 0 Å². The van der Waals surface area contributed by atoms with Crippen molar-refractivity contribution in [3.8, 4) is 0 Å². The lowest BCUT2D eigenvalue weighted by molar-refractivity contribution is 0.514. The van der Waals surface area contributed by atoms with Gasteiger partial charge in [-0.15, -0.1) is 10.6 Å². The standard InChI is InChI=1S/C4H7NO2S/c5-3-8(6,7)4-1-2-4/h1,3,5-7H,2H2. The van der Waals surface area contributed by atoms with Crippen LogP contribution < -0.4 is 0 Å². The van der Waals surface area contributed by atoms with Crippen molar-refractivity contribution in [1.82, 2.24) is 0 Å². The fourth-order valence-electron chi connectivity index (χ4n) is 0.363. The zero-order valence-corrected chi connectivity index (χ0v) is 4.98. The van der Waals surface area contributed by atoms with E-state index in [2.05, 4.69) is 0 Å². The third kappa shape index (κ3) is 0.912. The molecule has 3 N–H and O–H groups in total. The lowest BCUT2D eigenvalue weighted by Gasteiger charge is -2.22. The van der Waals surface area contributed by atoms with E-state index in [9.17, 15) is 0 Å². The van der Waals surface area contributed by atoms with Gasteiger partial charge in [-0.05, 0) is 0 Å². The molecular weight excluding hydrogens is 126 g/mol. The van der Waals surface area contributed by atoms with Crippen LogP contribution in [0, 0.1) is 5.41 Å². The Morgan fingerprint density at radius 1 is 1.75 bits per heavy atom. The maximum atomic E-state index is 8.79. The molecule has 46 valence electrons. The van der Waals surface area contributed by atoms with Crippen LogP contribution in [0.25, 0.3) is 0 Å². The average molecular weight is 133 g/mol. The van der Waals surface area contributed by atoms with Gasteiger partial charge in [-0.1, -0.05) is 6.08 Å². The summed E-state index contributed by atoms with van der Waals surface area (Å²) in [5, 5.41) is 6.55. The predicted octanol–water partition coefficient (Wildman–Crippen LogP) is 1.63. The predicted molar refractivity (Wildman–Crippen MR) is 34.3 cm³/mol. The van der Waals surface area contributed by atoms with Crippen LogP contribution in [-0.4, -0.2) is 14.7 Å². The summed E-state index contributed by atoms with van der Waals surface area (Å²) in [6.07, 6.45) is 2.37. The van der Waals surface area contributed by atoms with Gasteiger partial charge in [0.05, 0.1) is 0 Å². The van der Waals surface area contributed by atoms with Gasteiger partial charge in [0.1, 0.15) is 5.55 Å². The molecule has 0 atom stereocenters. The van der Waals surface area contributed by atoms with Gasteiger partial charge < -0.3 is 0 Å². The summed E-state index contributed by atoms with van der Waals surface area (Å²) in [4.78, 5) is 0.604. The van der Waals surface area contributed by atoms with E-state index in [1.54, 1.807) is 6.08 Å². The van der Waals surface area contributed by atoms with Gasteiger partial charge in [-0.25, -0.2) is 0 Å². The van der Waals surface area contributed by atoms with Crippen LogP contribution in [-0.2, 0) is 0 Å². The molecule has 0 spiro atoms. The maximum absolute atomic E-state index is 8.79. The van der Waals surface area contributed by atoms with Gasteiger partial charge in [0.25, 0.3) is 0 Å². The van der Waals surface area contributed by atoms with Crippen molar-refractivity contribution >= 4 is 16.1 Å². The van der Waals surface area contributed by atoms with Crippen molar-refractivity contribution in [3.05, 3.63) is 11.0 Å². The van der Waals surface area contributed by atoms with Gasteiger partial charge >= 0.3 is 0 Å². The lowest BCUT2D eigenvalue weighted by atomic mass is 10.9. The van der Waals surface area contributed by atoms with E-state index in [-0.39, 0.29) is 0 Å². The Kier molecular flexibility index (Phi) is 1.15. The van der Waals surface area contributed by atoms with Crippen molar-refractivity contribution in [2.45, 2.75) is 6.42 Å². The van der Waals surface area contributed by atoms with Gasteiger partial charge in [-0.2, -0.15) is 0 Å². The minimum absolute atomic E-state index is 0.604. The Balaban J connectivity index is 2.63. The quantitative estimate of drug-likeness (QED) is 0.396. The van der Waals surface area contributed by atoms with Gasteiger partial charge in [0.2, 0.25) is 0 Å². The second-order valence-electron chi connectivity index (χ2n) is 1.59. The molecule has 0 amide bonds. The second kappa shape index (κ2) is 1.58. The molecule has 0 aromatic rings. The summed E-state index contributed by atoms with van der Waals surface area (Å²) < 4.78 is 17.6. The first kappa shape index (κ1) is 5.81. The van der Waals surface area contributed by atoms with Crippen LogP contribution in [0.2, 0.25) is 0 Å². The summed E-state index contributed by atoms with van der Waals surface area (Å²) in [5.41, 5.74) is 0.700. The number of allylic oxidation sites excluding steroid dienone is 2. The molecule has 8 heavy (non-hydrogen) atoms. The molecule has 0 saturated heterocycles. The Hall–Kier alpha value is -0.320. The molecule has 1 rings (SSSR count). The Morgan fingerprint density at radius 2 is 2.25 bits per heavy atom. The molecule has 0 aromatic carbocycles. The number of rotatable bonds is 2. The topological polar surface area (TPSA) is 64.3 Å². The highest BCUT2D eigenvalue weighted by Crippen LogP contribution is 2.52. The monoisotopic (exact) mass is 133 g/mol. The first-order valence-corrected chi connectivity index (χ1v) is 3.75. The lowest BCUT2D eigenvalue weighted by Crippen LogP contribution is -1.92. The molecule has 0 heterocycles. The summed E-state index contributed by atoms with van der Waals surface area (Å²) in [6, 6.07) is 0. The summed E-state index contributed by atoms with van der Waals surface area (Å²) >= 11 is 0. The van der Waals surface area contributed by atoms with Crippen molar-refractivity contribution in [2.24, 2.45) is 0 Å². The fraction of sp³-hybridized carbons (Fsp3) is 0.250. The van der Waals surface area contributed by atoms with Crippen LogP contribution >= 0.6 is 10.6 Å². The van der Waals surface area contributed by atoms with Gasteiger partial charge in [0.15, 0.2) is 0 Å². The Labute approximate surface area is 48.9 Å². The average Bonchev–Trinajstić information content (AvgIpc) is 2.44. The molecule has 0 fully saturated rings. The van der Waals surface area contributed by atoms with Crippen LogP contribution in [0.1, 0.15) is 6.42 Å². The zero-order chi connectivity index (χ0) is 6.20. The van der Waals surface area contributed by atoms with Gasteiger partial charge in [0, 0.05) is 11.3 Å². The normalized spacial score (nSPS) is 19.5. The van der Waals surface area contributed by atoms with Gasteiger partial charge in [-0.3, -0.25) is 14.5 Å². The molecule has 4 heteroatoms. The highest BCUT2D eigenvalue weighted by atomic mass is 32.3. The minimum Gasteiger partial charge on any atom is -0.292 e. The van der Waals surface area contributed by atoms with Crippen molar-refractivity contribution < 1.29 is 9.11 Å². The van der Waals surface area contributed by atoms with E-state index in [0.717, 1.165) is 0 Å². The third-order valence-electron chi connectivity index (χ3n) is 0.921. The molecule has 0 bridgehead atoms. The fourth-order valence-corrected chi connectivity index (χ4v) is 1.09. The van der Waals surface area contributed by atoms with Crippen molar-refractivity contribution in [2.75, 3.05) is 0 Å². The molecule has 0 radical (unpaired) electrons.